The number of hydrogen-bond donors (Lipinski definition) is 1. The second-order valence-corrected chi connectivity index (χ2v) is 8.76. The van der Waals surface area contributed by atoms with Gasteiger partial charge in [0.15, 0.2) is 0 Å². The summed E-state index contributed by atoms with van der Waals surface area (Å²) in [4.78, 5) is 13.6. The molecule has 1 aromatic carbocycles. The van der Waals surface area contributed by atoms with Gasteiger partial charge < -0.3 is 14.7 Å². The number of ether oxygens (including phenoxy) is 1. The van der Waals surface area contributed by atoms with Crippen molar-refractivity contribution in [1.82, 2.24) is 4.90 Å². The van der Waals surface area contributed by atoms with Crippen molar-refractivity contribution in [2.45, 2.75) is 56.8 Å². The molecule has 1 heterocycles. The molecule has 0 radical (unpaired) electrons. The van der Waals surface area contributed by atoms with Crippen LogP contribution in [-0.4, -0.2) is 55.4 Å². The fourth-order valence-corrected chi connectivity index (χ4v) is 3.68. The van der Waals surface area contributed by atoms with Crippen molar-refractivity contribution in [2.75, 3.05) is 13.2 Å². The molecule has 1 aromatic rings. The van der Waals surface area contributed by atoms with Crippen LogP contribution >= 0.6 is 0 Å². The lowest BCUT2D eigenvalue weighted by molar-refractivity contribution is 0.0166. The van der Waals surface area contributed by atoms with Gasteiger partial charge in [-0.25, -0.2) is 4.79 Å². The molecule has 25 heavy (non-hydrogen) atoms. The van der Waals surface area contributed by atoms with Crippen molar-refractivity contribution in [3.8, 4) is 0 Å². The van der Waals surface area contributed by atoms with Gasteiger partial charge in [-0.15, -0.1) is 0 Å². The predicted octanol–water partition coefficient (Wildman–Crippen LogP) is 2.07. The fraction of sp³-hybridized carbons (Fsp3) is 0.588. The lowest BCUT2D eigenvalue weighted by Crippen LogP contribution is -2.41. The Morgan fingerprint density at radius 2 is 1.88 bits per heavy atom. The van der Waals surface area contributed by atoms with E-state index in [-0.39, 0.29) is 24.5 Å². The van der Waals surface area contributed by atoms with Gasteiger partial charge >= 0.3 is 6.09 Å². The number of hydrogen-bond acceptors (Lipinski definition) is 6. The molecule has 1 aliphatic rings. The molecule has 1 amide bonds. The summed E-state index contributed by atoms with van der Waals surface area (Å²) in [6, 6.07) is 5.81. The zero-order valence-corrected chi connectivity index (χ0v) is 15.7. The van der Waals surface area contributed by atoms with Crippen LogP contribution in [0.2, 0.25) is 0 Å². The number of nitrogens with zero attached hydrogens (tertiary/aromatic N) is 1. The summed E-state index contributed by atoms with van der Waals surface area (Å²) in [6.45, 7) is 6.84. The maximum absolute atomic E-state index is 12.4. The Morgan fingerprint density at radius 3 is 2.40 bits per heavy atom. The number of carbonyl (C=O) groups is 1. The van der Waals surface area contributed by atoms with Gasteiger partial charge in [0.2, 0.25) is 0 Å². The minimum absolute atomic E-state index is 0.0469. The molecule has 2 unspecified atom stereocenters. The van der Waals surface area contributed by atoms with Gasteiger partial charge in [0, 0.05) is 0 Å². The quantitative estimate of drug-likeness (QED) is 0.815. The summed E-state index contributed by atoms with van der Waals surface area (Å²) in [5.74, 6) is 0. The number of rotatable bonds is 4. The molecule has 2 atom stereocenters. The highest BCUT2D eigenvalue weighted by molar-refractivity contribution is 7.86. The molecule has 8 heteroatoms. The summed E-state index contributed by atoms with van der Waals surface area (Å²) in [5.41, 5.74) is 0.264. The smallest absolute Gasteiger partial charge is 0.410 e. The van der Waals surface area contributed by atoms with Crippen molar-refractivity contribution in [3.63, 3.8) is 0 Å². The van der Waals surface area contributed by atoms with Crippen LogP contribution in [0.4, 0.5) is 4.79 Å². The Balaban J connectivity index is 2.09. The maximum Gasteiger partial charge on any atom is 0.410 e. The number of aliphatic hydroxyl groups excluding tert-OH is 1. The van der Waals surface area contributed by atoms with E-state index in [1.165, 1.54) is 17.0 Å². The predicted molar refractivity (Wildman–Crippen MR) is 91.7 cm³/mol. The van der Waals surface area contributed by atoms with Crippen LogP contribution in [0.15, 0.2) is 29.2 Å². The third kappa shape index (κ3) is 5.17. The van der Waals surface area contributed by atoms with Crippen LogP contribution in [0.3, 0.4) is 0 Å². The first-order valence-corrected chi connectivity index (χ1v) is 9.53. The van der Waals surface area contributed by atoms with E-state index in [0.29, 0.717) is 0 Å². The largest absolute Gasteiger partial charge is 0.444 e. The molecule has 1 saturated heterocycles. The molecular formula is C17H25NO6S. The van der Waals surface area contributed by atoms with E-state index in [9.17, 15) is 18.3 Å². The number of benzene rings is 1. The van der Waals surface area contributed by atoms with Crippen molar-refractivity contribution in [1.29, 1.82) is 0 Å². The molecule has 1 fully saturated rings. The number of likely N-dealkylation sites (tertiary alicyclic amines) is 1. The standard InChI is InChI=1S/C17H25NO6S/c1-12-5-7-15(8-6-12)25(21,22)24-14-9-13(11-19)18(10-14)16(20)23-17(2,3)4/h5-8,13-14,19H,9-11H2,1-4H3. The zero-order chi connectivity index (χ0) is 18.8. The molecule has 1 aliphatic heterocycles. The Hall–Kier alpha value is -1.64. The third-order valence-corrected chi connectivity index (χ3v) is 5.16. The van der Waals surface area contributed by atoms with Crippen molar-refractivity contribution < 1.29 is 27.2 Å². The Bertz CT molecular complexity index is 708. The molecule has 0 saturated carbocycles. The van der Waals surface area contributed by atoms with Crippen LogP contribution in [0, 0.1) is 6.92 Å². The molecule has 0 spiro atoms. The highest BCUT2D eigenvalue weighted by Gasteiger charge is 2.39. The van der Waals surface area contributed by atoms with E-state index >= 15 is 0 Å². The molecule has 0 aliphatic carbocycles. The third-order valence-electron chi connectivity index (χ3n) is 3.79. The van der Waals surface area contributed by atoms with Crippen LogP contribution < -0.4 is 0 Å². The van der Waals surface area contributed by atoms with E-state index in [1.54, 1.807) is 32.9 Å². The summed E-state index contributed by atoms with van der Waals surface area (Å²) in [5, 5.41) is 9.49. The highest BCUT2D eigenvalue weighted by atomic mass is 32.2. The van der Waals surface area contributed by atoms with Gasteiger partial charge in [-0.2, -0.15) is 8.42 Å². The van der Waals surface area contributed by atoms with E-state index in [0.717, 1.165) is 5.56 Å². The van der Waals surface area contributed by atoms with E-state index in [1.807, 2.05) is 6.92 Å². The van der Waals surface area contributed by atoms with Crippen LogP contribution in [0.25, 0.3) is 0 Å². The first-order valence-electron chi connectivity index (χ1n) is 8.12. The second kappa shape index (κ2) is 7.31. The van der Waals surface area contributed by atoms with E-state index < -0.39 is 34.0 Å². The van der Waals surface area contributed by atoms with E-state index in [4.69, 9.17) is 8.92 Å². The van der Waals surface area contributed by atoms with Gasteiger partial charge in [-0.1, -0.05) is 17.7 Å². The number of aryl methyl sites for hydroxylation is 1. The average molecular weight is 371 g/mol. The van der Waals surface area contributed by atoms with Crippen molar-refractivity contribution >= 4 is 16.2 Å². The van der Waals surface area contributed by atoms with Gasteiger partial charge in [0.05, 0.1) is 30.2 Å². The summed E-state index contributed by atoms with van der Waals surface area (Å²) >= 11 is 0. The highest BCUT2D eigenvalue weighted by Crippen LogP contribution is 2.26. The molecule has 2 rings (SSSR count). The minimum Gasteiger partial charge on any atom is -0.444 e. The average Bonchev–Trinajstić information content (AvgIpc) is 2.88. The molecule has 1 N–H and O–H groups in total. The summed E-state index contributed by atoms with van der Waals surface area (Å²) in [7, 11) is -3.94. The molecule has 7 nitrogen and oxygen atoms in total. The molecule has 0 bridgehead atoms. The second-order valence-electron chi connectivity index (χ2n) is 7.19. The normalized spacial score (nSPS) is 21.4. The van der Waals surface area contributed by atoms with Gasteiger partial charge in [-0.05, 0) is 46.2 Å². The minimum atomic E-state index is -3.94. The maximum atomic E-state index is 12.4. The Morgan fingerprint density at radius 1 is 1.28 bits per heavy atom. The van der Waals surface area contributed by atoms with Gasteiger partial charge in [0.1, 0.15) is 5.60 Å². The zero-order valence-electron chi connectivity index (χ0n) is 14.9. The van der Waals surface area contributed by atoms with Crippen LogP contribution in [0.1, 0.15) is 32.8 Å². The first-order chi connectivity index (χ1) is 11.5. The lowest BCUT2D eigenvalue weighted by Gasteiger charge is -2.27. The van der Waals surface area contributed by atoms with Crippen molar-refractivity contribution in [3.05, 3.63) is 29.8 Å². The fourth-order valence-electron chi connectivity index (χ4n) is 2.60. The molecular weight excluding hydrogens is 346 g/mol. The number of amides is 1. The lowest BCUT2D eigenvalue weighted by atomic mass is 10.2. The summed E-state index contributed by atoms with van der Waals surface area (Å²) in [6.07, 6.45) is -1.10. The van der Waals surface area contributed by atoms with Crippen molar-refractivity contribution in [2.24, 2.45) is 0 Å². The Kier molecular flexibility index (Phi) is 5.75. The molecule has 0 aromatic heterocycles. The van der Waals surface area contributed by atoms with Crippen LogP contribution in [0.5, 0.6) is 0 Å². The van der Waals surface area contributed by atoms with Crippen LogP contribution in [-0.2, 0) is 19.0 Å². The SMILES string of the molecule is Cc1ccc(S(=O)(=O)OC2CC(CO)N(C(=O)OC(C)(C)C)C2)cc1. The van der Waals surface area contributed by atoms with E-state index in [2.05, 4.69) is 0 Å². The topological polar surface area (TPSA) is 93.1 Å². The van der Waals surface area contributed by atoms with Gasteiger partial charge in [0.25, 0.3) is 10.1 Å². The molecule has 140 valence electrons. The number of carbonyl (C=O) groups excluding carboxylic acids is 1. The number of aliphatic hydroxyl groups is 1. The Labute approximate surface area is 148 Å². The van der Waals surface area contributed by atoms with Gasteiger partial charge in [-0.3, -0.25) is 4.18 Å². The monoisotopic (exact) mass is 371 g/mol. The first kappa shape index (κ1) is 19.7. The summed E-state index contributed by atoms with van der Waals surface area (Å²) < 4.78 is 35.3.